The topological polar surface area (TPSA) is 45.7 Å². The van der Waals surface area contributed by atoms with E-state index >= 15 is 0 Å². The summed E-state index contributed by atoms with van der Waals surface area (Å²) < 4.78 is 6.61. The van der Waals surface area contributed by atoms with Crippen LogP contribution in [0.3, 0.4) is 0 Å². The molecule has 7 heteroatoms. The zero-order valence-corrected chi connectivity index (χ0v) is 18.3. The Morgan fingerprint density at radius 2 is 2.00 bits per heavy atom. The minimum Gasteiger partial charge on any atom is -0.494 e. The molecule has 0 bridgehead atoms. The van der Waals surface area contributed by atoms with Gasteiger partial charge in [0.15, 0.2) is 5.13 Å². The number of anilines is 1. The number of nitrogens with zero attached hydrogens (tertiary/aromatic N) is 3. The minimum atomic E-state index is -0.0261. The first-order valence-electron chi connectivity index (χ1n) is 9.16. The molecule has 0 aliphatic carbocycles. The number of carbonyl (C=O) groups excluding carboxylic acids is 1. The largest absolute Gasteiger partial charge is 0.494 e. The summed E-state index contributed by atoms with van der Waals surface area (Å²) in [6, 6.07) is 13.6. The van der Waals surface area contributed by atoms with Crippen molar-refractivity contribution in [1.29, 1.82) is 0 Å². The van der Waals surface area contributed by atoms with Crippen molar-refractivity contribution in [3.63, 3.8) is 0 Å². The summed E-state index contributed by atoms with van der Waals surface area (Å²) >= 11 is 3.15. The molecule has 0 aliphatic rings. The van der Waals surface area contributed by atoms with E-state index in [1.807, 2.05) is 69.7 Å². The molecule has 0 atom stereocenters. The van der Waals surface area contributed by atoms with Gasteiger partial charge in [0.1, 0.15) is 5.75 Å². The molecule has 0 N–H and O–H groups in total. The number of hydrogen-bond donors (Lipinski definition) is 0. The Balaban J connectivity index is 1.96. The van der Waals surface area contributed by atoms with Crippen molar-refractivity contribution in [1.82, 2.24) is 9.88 Å². The second kappa shape index (κ2) is 9.41. The lowest BCUT2D eigenvalue weighted by Gasteiger charge is -2.22. The highest BCUT2D eigenvalue weighted by atomic mass is 32.2. The number of aromatic nitrogens is 1. The number of benzene rings is 2. The summed E-state index contributed by atoms with van der Waals surface area (Å²) in [7, 11) is 4.01. The molecule has 2 aromatic carbocycles. The number of likely N-dealkylation sites (N-methyl/N-ethyl adjacent to an activating group) is 1. The van der Waals surface area contributed by atoms with Crippen LogP contribution in [0.1, 0.15) is 17.3 Å². The summed E-state index contributed by atoms with van der Waals surface area (Å²) in [6.45, 7) is 3.92. The molecule has 1 aromatic heterocycles. The standard InChI is InChI=1S/C21H25N3O2S2/c1-5-26-16-9-10-18-19(14-16)28-21(22-18)24(12-11-23(2)3)20(25)15-7-6-8-17(13-15)27-4/h6-10,13-14H,5,11-12H2,1-4H3. The third kappa shape index (κ3) is 4.84. The molecule has 0 spiro atoms. The van der Waals surface area contributed by atoms with Crippen LogP contribution in [-0.2, 0) is 0 Å². The summed E-state index contributed by atoms with van der Waals surface area (Å²) in [5.41, 5.74) is 1.56. The van der Waals surface area contributed by atoms with Crippen molar-refractivity contribution in [3.8, 4) is 5.75 Å². The van der Waals surface area contributed by atoms with Gasteiger partial charge >= 0.3 is 0 Å². The Morgan fingerprint density at radius 1 is 1.18 bits per heavy atom. The van der Waals surface area contributed by atoms with Crippen molar-refractivity contribution in [2.24, 2.45) is 0 Å². The summed E-state index contributed by atoms with van der Waals surface area (Å²) in [4.78, 5) is 23.0. The number of ether oxygens (including phenoxy) is 1. The van der Waals surface area contributed by atoms with E-state index < -0.39 is 0 Å². The van der Waals surface area contributed by atoms with Crippen molar-refractivity contribution < 1.29 is 9.53 Å². The van der Waals surface area contributed by atoms with Crippen LogP contribution >= 0.6 is 23.1 Å². The molecule has 1 heterocycles. The molecular weight excluding hydrogens is 390 g/mol. The average Bonchev–Trinajstić information content (AvgIpc) is 3.11. The Bertz CT molecular complexity index is 956. The zero-order chi connectivity index (χ0) is 20.1. The maximum absolute atomic E-state index is 13.3. The van der Waals surface area contributed by atoms with Gasteiger partial charge in [0, 0.05) is 23.5 Å². The van der Waals surface area contributed by atoms with E-state index in [9.17, 15) is 4.79 Å². The molecule has 0 radical (unpaired) electrons. The molecular formula is C21H25N3O2S2. The molecule has 148 valence electrons. The number of amides is 1. The molecule has 3 aromatic rings. The van der Waals surface area contributed by atoms with Crippen LogP contribution in [0.4, 0.5) is 5.13 Å². The first-order valence-corrected chi connectivity index (χ1v) is 11.2. The van der Waals surface area contributed by atoms with Gasteiger partial charge < -0.3 is 9.64 Å². The average molecular weight is 416 g/mol. The van der Waals surface area contributed by atoms with Gasteiger partial charge in [-0.05, 0) is 63.7 Å². The number of carbonyl (C=O) groups is 1. The molecule has 0 fully saturated rings. The first-order chi connectivity index (χ1) is 13.5. The predicted octanol–water partition coefficient (Wildman–Crippen LogP) is 4.63. The number of thiazole rings is 1. The highest BCUT2D eigenvalue weighted by Crippen LogP contribution is 2.32. The highest BCUT2D eigenvalue weighted by Gasteiger charge is 2.22. The monoisotopic (exact) mass is 415 g/mol. The third-order valence-corrected chi connectivity index (χ3v) is 5.99. The Kier molecular flexibility index (Phi) is 6.93. The van der Waals surface area contributed by atoms with Crippen LogP contribution in [0.5, 0.6) is 5.75 Å². The fourth-order valence-electron chi connectivity index (χ4n) is 2.76. The van der Waals surface area contributed by atoms with Gasteiger partial charge in [0.25, 0.3) is 5.91 Å². The predicted molar refractivity (Wildman–Crippen MR) is 119 cm³/mol. The maximum atomic E-state index is 13.3. The van der Waals surface area contributed by atoms with Crippen LogP contribution in [0.15, 0.2) is 47.4 Å². The minimum absolute atomic E-state index is 0.0261. The van der Waals surface area contributed by atoms with Gasteiger partial charge in [-0.1, -0.05) is 17.4 Å². The van der Waals surface area contributed by atoms with Gasteiger partial charge in [-0.3, -0.25) is 9.69 Å². The summed E-state index contributed by atoms with van der Waals surface area (Å²) in [5.74, 6) is 0.797. The van der Waals surface area contributed by atoms with E-state index in [4.69, 9.17) is 9.72 Å². The number of fused-ring (bicyclic) bond motifs is 1. The molecule has 0 saturated heterocycles. The second-order valence-electron chi connectivity index (χ2n) is 6.55. The van der Waals surface area contributed by atoms with Gasteiger partial charge in [-0.15, -0.1) is 11.8 Å². The van der Waals surface area contributed by atoms with Crippen LogP contribution in [-0.4, -0.2) is 55.8 Å². The molecule has 5 nitrogen and oxygen atoms in total. The van der Waals surface area contributed by atoms with Gasteiger partial charge in [0.05, 0.1) is 16.8 Å². The normalized spacial score (nSPS) is 11.2. The fraction of sp³-hybridized carbons (Fsp3) is 0.333. The summed E-state index contributed by atoms with van der Waals surface area (Å²) in [6.07, 6.45) is 2.01. The second-order valence-corrected chi connectivity index (χ2v) is 8.44. The van der Waals surface area contributed by atoms with Gasteiger partial charge in [-0.2, -0.15) is 0 Å². The van der Waals surface area contributed by atoms with Crippen molar-refractivity contribution in [3.05, 3.63) is 48.0 Å². The van der Waals surface area contributed by atoms with Crippen molar-refractivity contribution >= 4 is 44.4 Å². The SMILES string of the molecule is CCOc1ccc2nc(N(CCN(C)C)C(=O)c3cccc(SC)c3)sc2c1. The molecule has 3 rings (SSSR count). The zero-order valence-electron chi connectivity index (χ0n) is 16.6. The molecule has 0 unspecified atom stereocenters. The van der Waals surface area contributed by atoms with E-state index in [0.717, 1.165) is 27.4 Å². The van der Waals surface area contributed by atoms with Crippen LogP contribution < -0.4 is 9.64 Å². The Hall–Kier alpha value is -2.09. The lowest BCUT2D eigenvalue weighted by molar-refractivity contribution is 0.0985. The lowest BCUT2D eigenvalue weighted by atomic mass is 10.2. The van der Waals surface area contributed by atoms with E-state index in [-0.39, 0.29) is 5.91 Å². The van der Waals surface area contributed by atoms with Crippen molar-refractivity contribution in [2.45, 2.75) is 11.8 Å². The van der Waals surface area contributed by atoms with Crippen LogP contribution in [0.25, 0.3) is 10.2 Å². The number of hydrogen-bond acceptors (Lipinski definition) is 6. The van der Waals surface area contributed by atoms with Crippen LogP contribution in [0.2, 0.25) is 0 Å². The molecule has 1 amide bonds. The summed E-state index contributed by atoms with van der Waals surface area (Å²) in [5, 5.41) is 0.713. The Morgan fingerprint density at radius 3 is 2.71 bits per heavy atom. The van der Waals surface area contributed by atoms with E-state index in [1.54, 1.807) is 16.7 Å². The quantitative estimate of drug-likeness (QED) is 0.502. The molecule has 28 heavy (non-hydrogen) atoms. The van der Waals surface area contributed by atoms with Gasteiger partial charge in [-0.25, -0.2) is 4.98 Å². The van der Waals surface area contributed by atoms with Crippen molar-refractivity contribution in [2.75, 3.05) is 44.9 Å². The van der Waals surface area contributed by atoms with E-state index in [1.165, 1.54) is 11.3 Å². The van der Waals surface area contributed by atoms with Crippen LogP contribution in [0, 0.1) is 0 Å². The third-order valence-electron chi connectivity index (χ3n) is 4.22. The lowest BCUT2D eigenvalue weighted by Crippen LogP contribution is -2.36. The molecule has 0 aliphatic heterocycles. The number of thioether (sulfide) groups is 1. The number of rotatable bonds is 8. The maximum Gasteiger partial charge on any atom is 0.260 e. The fourth-order valence-corrected chi connectivity index (χ4v) is 4.24. The highest BCUT2D eigenvalue weighted by molar-refractivity contribution is 7.98. The Labute approximate surface area is 174 Å². The van der Waals surface area contributed by atoms with Gasteiger partial charge in [0.2, 0.25) is 0 Å². The smallest absolute Gasteiger partial charge is 0.260 e. The van der Waals surface area contributed by atoms with E-state index in [2.05, 4.69) is 4.90 Å². The van der Waals surface area contributed by atoms with E-state index in [0.29, 0.717) is 23.8 Å². The first kappa shape index (κ1) is 20.6. The molecule has 0 saturated carbocycles.